The SMILES string of the molecule is Br.O=C(CC1NCCCC1O)Cn1cnc2cc(Cl)c(Cl)cc2c1=O. The van der Waals surface area contributed by atoms with E-state index in [0.717, 1.165) is 13.0 Å². The van der Waals surface area contributed by atoms with Crippen LogP contribution >= 0.6 is 40.2 Å². The third kappa shape index (κ3) is 4.60. The van der Waals surface area contributed by atoms with Crippen LogP contribution in [0.4, 0.5) is 0 Å². The summed E-state index contributed by atoms with van der Waals surface area (Å²) in [4.78, 5) is 28.9. The first-order valence-electron chi connectivity index (χ1n) is 7.73. The minimum Gasteiger partial charge on any atom is -0.391 e. The molecule has 2 aromatic rings. The number of fused-ring (bicyclic) bond motifs is 1. The minimum absolute atomic E-state index is 0. The molecule has 25 heavy (non-hydrogen) atoms. The summed E-state index contributed by atoms with van der Waals surface area (Å²) in [6.07, 6.45) is 2.55. The van der Waals surface area contributed by atoms with Crippen molar-refractivity contribution in [2.24, 2.45) is 0 Å². The third-order valence-electron chi connectivity index (χ3n) is 4.21. The Bertz CT molecular complexity index is 843. The van der Waals surface area contributed by atoms with E-state index in [1.54, 1.807) is 0 Å². The number of aliphatic hydroxyl groups is 1. The number of nitrogens with one attached hydrogen (secondary N) is 1. The molecule has 1 aromatic carbocycles. The Morgan fingerprint density at radius 1 is 1.36 bits per heavy atom. The van der Waals surface area contributed by atoms with Crippen molar-refractivity contribution in [1.29, 1.82) is 0 Å². The van der Waals surface area contributed by atoms with E-state index < -0.39 is 6.10 Å². The van der Waals surface area contributed by atoms with Gasteiger partial charge in [-0.25, -0.2) is 4.98 Å². The van der Waals surface area contributed by atoms with Crippen LogP contribution in [0.2, 0.25) is 10.0 Å². The quantitative estimate of drug-likeness (QED) is 0.746. The first-order chi connectivity index (χ1) is 11.5. The summed E-state index contributed by atoms with van der Waals surface area (Å²) in [6.45, 7) is 0.693. The molecule has 9 heteroatoms. The number of halogens is 3. The van der Waals surface area contributed by atoms with Gasteiger partial charge in [0.2, 0.25) is 0 Å². The summed E-state index contributed by atoms with van der Waals surface area (Å²) in [5, 5.41) is 14.0. The standard InChI is InChI=1S/C16H17Cl2N3O3.BrH/c17-11-5-10-13(6-12(11)18)20-8-21(16(10)24)7-9(22)4-14-15(23)2-1-3-19-14;/h5-6,8,14-15,19,23H,1-4,7H2;1H. The summed E-state index contributed by atoms with van der Waals surface area (Å²) in [6, 6.07) is 2.72. The van der Waals surface area contributed by atoms with Crippen molar-refractivity contribution in [2.45, 2.75) is 38.0 Å². The maximum atomic E-state index is 12.5. The molecule has 2 N–H and O–H groups in total. The molecule has 1 aliphatic rings. The van der Waals surface area contributed by atoms with E-state index in [2.05, 4.69) is 10.3 Å². The molecule has 136 valence electrons. The van der Waals surface area contributed by atoms with Gasteiger partial charge in [-0.1, -0.05) is 23.2 Å². The molecular weight excluding hydrogens is 433 g/mol. The van der Waals surface area contributed by atoms with Gasteiger partial charge >= 0.3 is 0 Å². The van der Waals surface area contributed by atoms with E-state index in [0.29, 0.717) is 22.3 Å². The highest BCUT2D eigenvalue weighted by Gasteiger charge is 2.25. The van der Waals surface area contributed by atoms with Gasteiger partial charge in [0, 0.05) is 12.5 Å². The number of aliphatic hydroxyl groups excluding tert-OH is 1. The number of piperidine rings is 1. The number of carbonyl (C=O) groups is 1. The molecule has 6 nitrogen and oxygen atoms in total. The molecule has 0 radical (unpaired) electrons. The minimum atomic E-state index is -0.532. The van der Waals surface area contributed by atoms with Gasteiger partial charge in [-0.05, 0) is 31.5 Å². The van der Waals surface area contributed by atoms with Gasteiger partial charge in [-0.3, -0.25) is 14.2 Å². The van der Waals surface area contributed by atoms with Crippen molar-refractivity contribution in [3.05, 3.63) is 38.9 Å². The van der Waals surface area contributed by atoms with Crippen molar-refractivity contribution in [2.75, 3.05) is 6.54 Å². The number of benzene rings is 1. The van der Waals surface area contributed by atoms with E-state index in [1.165, 1.54) is 23.0 Å². The van der Waals surface area contributed by atoms with E-state index in [9.17, 15) is 14.7 Å². The summed E-state index contributed by atoms with van der Waals surface area (Å²) < 4.78 is 1.25. The van der Waals surface area contributed by atoms with Gasteiger partial charge in [0.05, 0.1) is 39.9 Å². The van der Waals surface area contributed by atoms with Crippen LogP contribution in [0.3, 0.4) is 0 Å². The van der Waals surface area contributed by atoms with Crippen LogP contribution in [-0.4, -0.2) is 39.1 Å². The molecule has 1 saturated heterocycles. The first kappa shape index (κ1) is 20.3. The smallest absolute Gasteiger partial charge is 0.261 e. The highest BCUT2D eigenvalue weighted by Crippen LogP contribution is 2.25. The molecule has 1 fully saturated rings. The van der Waals surface area contributed by atoms with Crippen LogP contribution in [-0.2, 0) is 11.3 Å². The first-order valence-corrected chi connectivity index (χ1v) is 8.48. The molecule has 0 saturated carbocycles. The molecule has 0 spiro atoms. The van der Waals surface area contributed by atoms with Gasteiger partial charge < -0.3 is 10.4 Å². The van der Waals surface area contributed by atoms with Gasteiger partial charge in [-0.15, -0.1) is 17.0 Å². The Morgan fingerprint density at radius 2 is 2.08 bits per heavy atom. The van der Waals surface area contributed by atoms with Crippen molar-refractivity contribution in [3.63, 3.8) is 0 Å². The molecule has 1 aliphatic heterocycles. The Kier molecular flexibility index (Phi) is 6.99. The van der Waals surface area contributed by atoms with E-state index in [4.69, 9.17) is 23.2 Å². The fourth-order valence-electron chi connectivity index (χ4n) is 2.91. The lowest BCUT2D eigenvalue weighted by atomic mass is 9.97. The number of rotatable bonds is 4. The molecule has 3 rings (SSSR count). The zero-order chi connectivity index (χ0) is 17.3. The fourth-order valence-corrected chi connectivity index (χ4v) is 3.23. The average Bonchev–Trinajstić information content (AvgIpc) is 2.54. The summed E-state index contributed by atoms with van der Waals surface area (Å²) >= 11 is 11.9. The molecule has 0 aliphatic carbocycles. The maximum Gasteiger partial charge on any atom is 0.261 e. The van der Waals surface area contributed by atoms with Crippen LogP contribution in [0.25, 0.3) is 10.9 Å². The number of aromatic nitrogens is 2. The number of ketones is 1. The average molecular weight is 451 g/mol. The number of Topliss-reactive ketones (excluding diaryl/α,β-unsaturated/α-hetero) is 1. The maximum absolute atomic E-state index is 12.5. The van der Waals surface area contributed by atoms with Crippen molar-refractivity contribution >= 4 is 56.9 Å². The molecule has 2 heterocycles. The molecule has 1 aromatic heterocycles. The second-order valence-corrected chi connectivity index (χ2v) is 6.79. The molecule has 2 atom stereocenters. The van der Waals surface area contributed by atoms with Gasteiger partial charge in [0.1, 0.15) is 0 Å². The predicted molar refractivity (Wildman–Crippen MR) is 103 cm³/mol. The molecule has 0 amide bonds. The van der Waals surface area contributed by atoms with E-state index >= 15 is 0 Å². The topological polar surface area (TPSA) is 84.2 Å². The largest absolute Gasteiger partial charge is 0.391 e. The van der Waals surface area contributed by atoms with Gasteiger partial charge in [-0.2, -0.15) is 0 Å². The fraction of sp³-hybridized carbons (Fsp3) is 0.438. The van der Waals surface area contributed by atoms with Crippen LogP contribution in [0.5, 0.6) is 0 Å². The van der Waals surface area contributed by atoms with E-state index in [-0.39, 0.29) is 52.4 Å². The molecule has 2 unspecified atom stereocenters. The Morgan fingerprint density at radius 3 is 2.80 bits per heavy atom. The summed E-state index contributed by atoms with van der Waals surface area (Å²) in [5.41, 5.74) is 0.0894. The number of hydrogen-bond acceptors (Lipinski definition) is 5. The zero-order valence-corrected chi connectivity index (χ0v) is 16.5. The monoisotopic (exact) mass is 449 g/mol. The highest BCUT2D eigenvalue weighted by molar-refractivity contribution is 8.93. The Labute approximate surface area is 164 Å². The summed E-state index contributed by atoms with van der Waals surface area (Å²) in [5.74, 6) is -0.142. The van der Waals surface area contributed by atoms with Crippen molar-refractivity contribution in [1.82, 2.24) is 14.9 Å². The molecule has 0 bridgehead atoms. The Balaban J connectivity index is 0.00000225. The van der Waals surface area contributed by atoms with Crippen LogP contribution in [0, 0.1) is 0 Å². The number of carbonyl (C=O) groups excluding carboxylic acids is 1. The lowest BCUT2D eigenvalue weighted by Gasteiger charge is -2.28. The third-order valence-corrected chi connectivity index (χ3v) is 4.93. The molecular formula is C16H18BrCl2N3O3. The predicted octanol–water partition coefficient (Wildman–Crippen LogP) is 2.35. The number of hydrogen-bond donors (Lipinski definition) is 2. The lowest BCUT2D eigenvalue weighted by molar-refractivity contribution is -0.121. The van der Waals surface area contributed by atoms with Gasteiger partial charge in [0.15, 0.2) is 5.78 Å². The lowest BCUT2D eigenvalue weighted by Crippen LogP contribution is -2.46. The van der Waals surface area contributed by atoms with Crippen LogP contribution in [0.15, 0.2) is 23.3 Å². The second-order valence-electron chi connectivity index (χ2n) is 5.97. The zero-order valence-electron chi connectivity index (χ0n) is 13.2. The Hall–Kier alpha value is -0.990. The van der Waals surface area contributed by atoms with Crippen molar-refractivity contribution in [3.8, 4) is 0 Å². The van der Waals surface area contributed by atoms with Crippen molar-refractivity contribution < 1.29 is 9.90 Å². The van der Waals surface area contributed by atoms with Crippen LogP contribution in [0.1, 0.15) is 19.3 Å². The number of nitrogens with zero attached hydrogens (tertiary/aromatic N) is 2. The summed E-state index contributed by atoms with van der Waals surface area (Å²) in [7, 11) is 0. The second kappa shape index (κ2) is 8.60. The van der Waals surface area contributed by atoms with Gasteiger partial charge in [0.25, 0.3) is 5.56 Å². The highest BCUT2D eigenvalue weighted by atomic mass is 79.9. The normalized spacial score (nSPS) is 20.3. The van der Waals surface area contributed by atoms with Crippen LogP contribution < -0.4 is 10.9 Å². The van der Waals surface area contributed by atoms with E-state index in [1.807, 2.05) is 0 Å².